The molecular formula is C13H16N2O2. The predicted molar refractivity (Wildman–Crippen MR) is 65.0 cm³/mol. The van der Waals surface area contributed by atoms with Gasteiger partial charge in [-0.15, -0.1) is 0 Å². The zero-order valence-electron chi connectivity index (χ0n) is 10.2. The van der Waals surface area contributed by atoms with Crippen LogP contribution in [0.25, 0.3) is 0 Å². The summed E-state index contributed by atoms with van der Waals surface area (Å²) in [6.45, 7) is 1.88. The number of aromatic nitrogens is 2. The molecule has 0 bridgehead atoms. The highest BCUT2D eigenvalue weighted by molar-refractivity contribution is 5.40. The number of hydrogen-bond acceptors (Lipinski definition) is 3. The lowest BCUT2D eigenvalue weighted by atomic mass is 10.0. The van der Waals surface area contributed by atoms with Crippen molar-refractivity contribution in [1.82, 2.24) is 9.78 Å². The maximum Gasteiger partial charge on any atom is 0.125 e. The fourth-order valence-corrected chi connectivity index (χ4v) is 1.95. The SMILES string of the molecule is COc1ccccc1C(O)c1cn(C)nc1C. The second-order valence-corrected chi connectivity index (χ2v) is 3.99. The van der Waals surface area contributed by atoms with E-state index in [0.717, 1.165) is 16.8 Å². The van der Waals surface area contributed by atoms with Crippen molar-refractivity contribution in [2.24, 2.45) is 7.05 Å². The molecule has 0 aliphatic heterocycles. The predicted octanol–water partition coefficient (Wildman–Crippen LogP) is 1.82. The number of para-hydroxylation sites is 1. The molecule has 0 amide bonds. The third kappa shape index (κ3) is 2.17. The van der Waals surface area contributed by atoms with E-state index in [0.29, 0.717) is 5.75 Å². The van der Waals surface area contributed by atoms with Gasteiger partial charge in [0.05, 0.1) is 12.8 Å². The first kappa shape index (κ1) is 11.7. The van der Waals surface area contributed by atoms with Crippen molar-refractivity contribution in [3.63, 3.8) is 0 Å². The molecule has 0 saturated carbocycles. The lowest BCUT2D eigenvalue weighted by molar-refractivity contribution is 0.214. The summed E-state index contributed by atoms with van der Waals surface area (Å²) < 4.78 is 6.95. The molecule has 4 heteroatoms. The van der Waals surface area contributed by atoms with Gasteiger partial charge in [-0.2, -0.15) is 5.10 Å². The van der Waals surface area contributed by atoms with Gasteiger partial charge in [-0.25, -0.2) is 0 Å². The summed E-state index contributed by atoms with van der Waals surface area (Å²) >= 11 is 0. The lowest BCUT2D eigenvalue weighted by Crippen LogP contribution is -2.02. The Kier molecular flexibility index (Phi) is 3.15. The summed E-state index contributed by atoms with van der Waals surface area (Å²) in [6.07, 6.45) is 1.12. The number of aryl methyl sites for hydroxylation is 2. The molecule has 1 aromatic heterocycles. The number of ether oxygens (including phenoxy) is 1. The average molecular weight is 232 g/mol. The third-order valence-electron chi connectivity index (χ3n) is 2.78. The maximum absolute atomic E-state index is 10.4. The molecule has 90 valence electrons. The van der Waals surface area contributed by atoms with Crippen LogP contribution in [0.5, 0.6) is 5.75 Å². The molecular weight excluding hydrogens is 216 g/mol. The maximum atomic E-state index is 10.4. The van der Waals surface area contributed by atoms with Gasteiger partial charge in [-0.1, -0.05) is 18.2 Å². The first-order valence-electron chi connectivity index (χ1n) is 5.44. The Morgan fingerprint density at radius 2 is 2.00 bits per heavy atom. The van der Waals surface area contributed by atoms with Crippen LogP contribution in [0.15, 0.2) is 30.5 Å². The zero-order valence-corrected chi connectivity index (χ0v) is 10.2. The van der Waals surface area contributed by atoms with Crippen LogP contribution >= 0.6 is 0 Å². The molecule has 0 fully saturated rings. The molecule has 17 heavy (non-hydrogen) atoms. The molecule has 0 aliphatic carbocycles. The van der Waals surface area contributed by atoms with Crippen LogP contribution in [0.1, 0.15) is 22.9 Å². The number of methoxy groups -OCH3 is 1. The van der Waals surface area contributed by atoms with E-state index >= 15 is 0 Å². The Bertz CT molecular complexity index is 520. The number of aliphatic hydroxyl groups excluding tert-OH is 1. The van der Waals surface area contributed by atoms with Gasteiger partial charge in [-0.05, 0) is 13.0 Å². The van der Waals surface area contributed by atoms with Crippen molar-refractivity contribution in [3.05, 3.63) is 47.3 Å². The van der Waals surface area contributed by atoms with Gasteiger partial charge < -0.3 is 9.84 Å². The van der Waals surface area contributed by atoms with Gasteiger partial charge in [0.25, 0.3) is 0 Å². The molecule has 1 atom stereocenters. The van der Waals surface area contributed by atoms with E-state index in [2.05, 4.69) is 5.10 Å². The molecule has 0 spiro atoms. The Hall–Kier alpha value is -1.81. The molecule has 1 aromatic carbocycles. The van der Waals surface area contributed by atoms with Crippen molar-refractivity contribution >= 4 is 0 Å². The smallest absolute Gasteiger partial charge is 0.125 e. The minimum Gasteiger partial charge on any atom is -0.496 e. The van der Waals surface area contributed by atoms with Crippen LogP contribution in [-0.2, 0) is 7.05 Å². The van der Waals surface area contributed by atoms with Crippen molar-refractivity contribution in [2.45, 2.75) is 13.0 Å². The fraction of sp³-hybridized carbons (Fsp3) is 0.308. The van der Waals surface area contributed by atoms with Gasteiger partial charge >= 0.3 is 0 Å². The number of rotatable bonds is 3. The largest absolute Gasteiger partial charge is 0.496 e. The van der Waals surface area contributed by atoms with E-state index in [-0.39, 0.29) is 0 Å². The molecule has 0 saturated heterocycles. The van der Waals surface area contributed by atoms with Crippen molar-refractivity contribution in [1.29, 1.82) is 0 Å². The number of aliphatic hydroxyl groups is 1. The summed E-state index contributed by atoms with van der Waals surface area (Å²) in [7, 11) is 3.44. The summed E-state index contributed by atoms with van der Waals surface area (Å²) in [5, 5.41) is 14.6. The Balaban J connectivity index is 2.43. The minimum atomic E-state index is -0.708. The zero-order chi connectivity index (χ0) is 12.4. The monoisotopic (exact) mass is 232 g/mol. The fourth-order valence-electron chi connectivity index (χ4n) is 1.95. The molecule has 4 nitrogen and oxygen atoms in total. The number of nitrogens with zero attached hydrogens (tertiary/aromatic N) is 2. The van der Waals surface area contributed by atoms with Gasteiger partial charge in [-0.3, -0.25) is 4.68 Å². The molecule has 2 rings (SSSR count). The van der Waals surface area contributed by atoms with E-state index in [1.165, 1.54) is 0 Å². The van der Waals surface area contributed by atoms with Gasteiger partial charge in [0, 0.05) is 24.4 Å². The van der Waals surface area contributed by atoms with E-state index in [1.54, 1.807) is 11.8 Å². The first-order chi connectivity index (χ1) is 8.13. The molecule has 1 heterocycles. The second kappa shape index (κ2) is 4.59. The Morgan fingerprint density at radius 1 is 1.29 bits per heavy atom. The molecule has 0 radical (unpaired) electrons. The highest BCUT2D eigenvalue weighted by atomic mass is 16.5. The summed E-state index contributed by atoms with van der Waals surface area (Å²) in [6, 6.07) is 7.46. The van der Waals surface area contributed by atoms with Crippen molar-refractivity contribution in [2.75, 3.05) is 7.11 Å². The Labute approximate surface area is 100 Å². The molecule has 1 unspecified atom stereocenters. The first-order valence-corrected chi connectivity index (χ1v) is 5.44. The number of benzene rings is 1. The van der Waals surface area contributed by atoms with Crippen LogP contribution in [0.4, 0.5) is 0 Å². The topological polar surface area (TPSA) is 47.3 Å². The van der Waals surface area contributed by atoms with Crippen molar-refractivity contribution in [3.8, 4) is 5.75 Å². The van der Waals surface area contributed by atoms with E-state index < -0.39 is 6.10 Å². The van der Waals surface area contributed by atoms with E-state index in [9.17, 15) is 5.11 Å². The minimum absolute atomic E-state index is 0.684. The number of hydrogen-bond donors (Lipinski definition) is 1. The highest BCUT2D eigenvalue weighted by Gasteiger charge is 2.18. The summed E-state index contributed by atoms with van der Waals surface area (Å²) in [4.78, 5) is 0. The molecule has 1 N–H and O–H groups in total. The molecule has 2 aromatic rings. The summed E-state index contributed by atoms with van der Waals surface area (Å²) in [5.41, 5.74) is 2.38. The molecule has 0 aliphatic rings. The second-order valence-electron chi connectivity index (χ2n) is 3.99. The lowest BCUT2D eigenvalue weighted by Gasteiger charge is -2.13. The third-order valence-corrected chi connectivity index (χ3v) is 2.78. The standard InChI is InChI=1S/C13H16N2O2/c1-9-11(8-15(2)14-9)13(16)10-6-4-5-7-12(10)17-3/h4-8,13,16H,1-3H3. The quantitative estimate of drug-likeness (QED) is 0.878. The van der Waals surface area contributed by atoms with Crippen LogP contribution < -0.4 is 4.74 Å². The van der Waals surface area contributed by atoms with Crippen LogP contribution in [-0.4, -0.2) is 22.0 Å². The average Bonchev–Trinajstić information content (AvgIpc) is 2.67. The van der Waals surface area contributed by atoms with E-state index in [1.807, 2.05) is 44.4 Å². The normalized spacial score (nSPS) is 12.5. The van der Waals surface area contributed by atoms with Gasteiger partial charge in [0.2, 0.25) is 0 Å². The highest BCUT2D eigenvalue weighted by Crippen LogP contribution is 2.30. The van der Waals surface area contributed by atoms with E-state index in [4.69, 9.17) is 4.74 Å². The van der Waals surface area contributed by atoms with Gasteiger partial charge in [0.15, 0.2) is 0 Å². The van der Waals surface area contributed by atoms with Crippen LogP contribution in [0, 0.1) is 6.92 Å². The van der Waals surface area contributed by atoms with Crippen LogP contribution in [0.3, 0.4) is 0 Å². The summed E-state index contributed by atoms with van der Waals surface area (Å²) in [5.74, 6) is 0.684. The van der Waals surface area contributed by atoms with Crippen molar-refractivity contribution < 1.29 is 9.84 Å². The Morgan fingerprint density at radius 3 is 2.59 bits per heavy atom. The van der Waals surface area contributed by atoms with Gasteiger partial charge in [0.1, 0.15) is 11.9 Å². The van der Waals surface area contributed by atoms with Crippen LogP contribution in [0.2, 0.25) is 0 Å².